The van der Waals surface area contributed by atoms with Gasteiger partial charge in [0.1, 0.15) is 12.1 Å². The third-order valence-electron chi connectivity index (χ3n) is 8.05. The van der Waals surface area contributed by atoms with Gasteiger partial charge in [-0.3, -0.25) is 9.36 Å². The second kappa shape index (κ2) is 8.98. The summed E-state index contributed by atoms with van der Waals surface area (Å²) in [5.41, 5.74) is 2.83. The van der Waals surface area contributed by atoms with Gasteiger partial charge < -0.3 is 16.0 Å². The average molecular weight is 473 g/mol. The molecule has 7 rings (SSSR count). The highest BCUT2D eigenvalue weighted by Crippen LogP contribution is 2.55. The number of amides is 3. The van der Waals surface area contributed by atoms with Crippen LogP contribution in [-0.4, -0.2) is 38.6 Å². The van der Waals surface area contributed by atoms with Crippen molar-refractivity contribution in [1.29, 1.82) is 0 Å². The first-order valence-electron chi connectivity index (χ1n) is 12.8. The molecule has 4 saturated carbocycles. The zero-order valence-electron chi connectivity index (χ0n) is 19.9. The summed E-state index contributed by atoms with van der Waals surface area (Å²) in [7, 11) is 0. The third kappa shape index (κ3) is 4.61. The predicted octanol–water partition coefficient (Wildman–Crippen LogP) is 3.69. The number of urea groups is 1. The van der Waals surface area contributed by atoms with E-state index in [9.17, 15) is 9.59 Å². The molecule has 3 amide bonds. The summed E-state index contributed by atoms with van der Waals surface area (Å²) in [6.07, 6.45) is 11.2. The van der Waals surface area contributed by atoms with Crippen LogP contribution < -0.4 is 16.0 Å². The summed E-state index contributed by atoms with van der Waals surface area (Å²) in [5, 5.41) is 9.09. The summed E-state index contributed by atoms with van der Waals surface area (Å²) in [6.45, 7) is 0.727. The molecule has 0 saturated heterocycles. The lowest BCUT2D eigenvalue weighted by Crippen LogP contribution is -2.61. The van der Waals surface area contributed by atoms with Crippen molar-refractivity contribution in [3.63, 3.8) is 0 Å². The van der Waals surface area contributed by atoms with Crippen LogP contribution in [0.25, 0.3) is 16.9 Å². The Morgan fingerprint density at radius 2 is 1.69 bits per heavy atom. The minimum Gasteiger partial charge on any atom is -0.352 e. The molecule has 8 nitrogen and oxygen atoms in total. The maximum Gasteiger partial charge on any atom is 0.315 e. The van der Waals surface area contributed by atoms with E-state index in [0.717, 1.165) is 59.4 Å². The van der Waals surface area contributed by atoms with E-state index in [0.29, 0.717) is 13.1 Å². The number of carbonyl (C=O) groups excluding carboxylic acids is 2. The van der Waals surface area contributed by atoms with Crippen LogP contribution in [0.4, 0.5) is 4.79 Å². The predicted molar refractivity (Wildman–Crippen MR) is 133 cm³/mol. The van der Waals surface area contributed by atoms with Crippen LogP contribution in [0.3, 0.4) is 0 Å². The second-order valence-electron chi connectivity index (χ2n) is 10.7. The molecule has 3 N–H and O–H groups in total. The fourth-order valence-corrected chi connectivity index (χ4v) is 6.93. The van der Waals surface area contributed by atoms with Crippen molar-refractivity contribution in [2.24, 2.45) is 17.8 Å². The number of hydrogen-bond donors (Lipinski definition) is 3. The summed E-state index contributed by atoms with van der Waals surface area (Å²) in [4.78, 5) is 33.8. The first-order valence-corrected chi connectivity index (χ1v) is 12.8. The molecule has 4 fully saturated rings. The number of hydrogen-bond acceptors (Lipinski definition) is 4. The second-order valence-corrected chi connectivity index (χ2v) is 10.7. The van der Waals surface area contributed by atoms with Crippen molar-refractivity contribution in [3.8, 4) is 5.82 Å². The van der Waals surface area contributed by atoms with Crippen LogP contribution >= 0.6 is 0 Å². The maximum absolute atomic E-state index is 12.5. The number of nitrogens with zero attached hydrogens (tertiary/aromatic N) is 3. The molecule has 4 bridgehead atoms. The Morgan fingerprint density at radius 3 is 2.40 bits per heavy atom. The number of carbonyl (C=O) groups is 2. The Bertz CT molecular complexity index is 1200. The minimum atomic E-state index is -0.133. The molecule has 8 heteroatoms. The number of imidazole rings is 1. The van der Waals surface area contributed by atoms with Crippen molar-refractivity contribution in [1.82, 2.24) is 30.5 Å². The molecule has 0 aliphatic heterocycles. The maximum atomic E-state index is 12.5. The lowest BCUT2D eigenvalue weighted by molar-refractivity contribution is -0.121. The van der Waals surface area contributed by atoms with Gasteiger partial charge in [0.25, 0.3) is 0 Å². The summed E-state index contributed by atoms with van der Waals surface area (Å²) in [6, 6.07) is 11.7. The molecule has 4 aliphatic rings. The molecule has 0 spiro atoms. The van der Waals surface area contributed by atoms with Gasteiger partial charge >= 0.3 is 6.03 Å². The molecule has 0 radical (unpaired) electrons. The van der Waals surface area contributed by atoms with E-state index >= 15 is 0 Å². The van der Waals surface area contributed by atoms with Crippen molar-refractivity contribution in [3.05, 3.63) is 54.5 Å². The molecule has 4 aliphatic carbocycles. The van der Waals surface area contributed by atoms with Crippen molar-refractivity contribution < 1.29 is 9.59 Å². The molecule has 1 aromatic carbocycles. The quantitative estimate of drug-likeness (QED) is 0.488. The zero-order valence-corrected chi connectivity index (χ0v) is 19.9. The lowest BCUT2D eigenvalue weighted by atomic mass is 9.53. The Labute approximate surface area is 204 Å². The molecule has 0 unspecified atom stereocenters. The summed E-state index contributed by atoms with van der Waals surface area (Å²) < 4.78 is 1.94. The molecule has 2 aromatic heterocycles. The molecule has 3 aromatic rings. The van der Waals surface area contributed by atoms with Crippen LogP contribution in [0.15, 0.2) is 48.9 Å². The number of benzene rings is 1. The monoisotopic (exact) mass is 472 g/mol. The van der Waals surface area contributed by atoms with E-state index < -0.39 is 0 Å². The van der Waals surface area contributed by atoms with Gasteiger partial charge in [-0.15, -0.1) is 0 Å². The van der Waals surface area contributed by atoms with E-state index in [2.05, 4.69) is 25.9 Å². The normalized spacial score (nSPS) is 26.6. The highest BCUT2D eigenvalue weighted by molar-refractivity contribution is 5.78. The molecule has 35 heavy (non-hydrogen) atoms. The van der Waals surface area contributed by atoms with E-state index in [4.69, 9.17) is 0 Å². The third-order valence-corrected chi connectivity index (χ3v) is 8.05. The largest absolute Gasteiger partial charge is 0.352 e. The summed E-state index contributed by atoms with van der Waals surface area (Å²) in [5.74, 6) is 3.05. The van der Waals surface area contributed by atoms with E-state index in [1.165, 1.54) is 19.3 Å². The summed E-state index contributed by atoms with van der Waals surface area (Å²) >= 11 is 0. The number of fused-ring (bicyclic) bond motifs is 1. The molecular weight excluding hydrogens is 440 g/mol. The fraction of sp³-hybridized carbons (Fsp3) is 0.481. The van der Waals surface area contributed by atoms with Gasteiger partial charge in [0.2, 0.25) is 5.91 Å². The first-order chi connectivity index (χ1) is 17.1. The van der Waals surface area contributed by atoms with Crippen LogP contribution in [-0.2, 0) is 11.3 Å². The van der Waals surface area contributed by atoms with Gasteiger partial charge in [-0.25, -0.2) is 14.8 Å². The van der Waals surface area contributed by atoms with Crippen molar-refractivity contribution in [2.45, 2.75) is 57.0 Å². The standard InChI is InChI=1S/C27H32N6O2/c34-25(7-8-28-26(35)32-27-12-19-9-20(13-27)11-21(10-19)14-27)30-16-18-5-6-24(29-15-18)33-17-31-22-3-1-2-4-23(22)33/h1-6,15,17,19-21H,7-14,16H2,(H,30,34)(H2,28,32,35). The topological polar surface area (TPSA) is 101 Å². The van der Waals surface area contributed by atoms with E-state index in [-0.39, 0.29) is 23.9 Å². The highest BCUT2D eigenvalue weighted by atomic mass is 16.2. The first kappa shape index (κ1) is 22.1. The van der Waals surface area contributed by atoms with E-state index in [1.807, 2.05) is 41.0 Å². The number of pyridine rings is 1. The van der Waals surface area contributed by atoms with Crippen LogP contribution in [0, 0.1) is 17.8 Å². The Kier molecular flexibility index (Phi) is 5.66. The van der Waals surface area contributed by atoms with Gasteiger partial charge in [-0.05, 0) is 80.0 Å². The number of rotatable bonds is 7. The van der Waals surface area contributed by atoms with Gasteiger partial charge in [-0.1, -0.05) is 18.2 Å². The zero-order chi connectivity index (χ0) is 23.8. The molecule has 182 valence electrons. The Balaban J connectivity index is 0.945. The van der Waals surface area contributed by atoms with E-state index in [1.54, 1.807) is 12.5 Å². The molecule has 2 heterocycles. The van der Waals surface area contributed by atoms with Gasteiger partial charge in [0.15, 0.2) is 0 Å². The molecule has 0 atom stereocenters. The Hall–Kier alpha value is -3.42. The van der Waals surface area contributed by atoms with Crippen LogP contribution in [0.1, 0.15) is 50.5 Å². The number of nitrogens with one attached hydrogen (secondary N) is 3. The van der Waals surface area contributed by atoms with Crippen LogP contribution in [0.2, 0.25) is 0 Å². The Morgan fingerprint density at radius 1 is 0.943 bits per heavy atom. The fourth-order valence-electron chi connectivity index (χ4n) is 6.93. The highest BCUT2D eigenvalue weighted by Gasteiger charge is 2.51. The molecular formula is C27H32N6O2. The van der Waals surface area contributed by atoms with Gasteiger partial charge in [0.05, 0.1) is 11.0 Å². The smallest absolute Gasteiger partial charge is 0.315 e. The van der Waals surface area contributed by atoms with Crippen molar-refractivity contribution >= 4 is 23.0 Å². The minimum absolute atomic E-state index is 0.0107. The lowest BCUT2D eigenvalue weighted by Gasteiger charge is -2.56. The van der Waals surface area contributed by atoms with Gasteiger partial charge in [0, 0.05) is 31.2 Å². The number of aromatic nitrogens is 3. The van der Waals surface area contributed by atoms with Crippen LogP contribution in [0.5, 0.6) is 0 Å². The van der Waals surface area contributed by atoms with Crippen molar-refractivity contribution in [2.75, 3.05) is 6.54 Å². The van der Waals surface area contributed by atoms with Gasteiger partial charge in [-0.2, -0.15) is 0 Å². The number of para-hydroxylation sites is 2. The SMILES string of the molecule is O=C(CCNC(=O)NC12CC3CC(CC(C3)C1)C2)NCc1ccc(-n2cnc3ccccc32)nc1. The average Bonchev–Trinajstić information content (AvgIpc) is 3.26.